The maximum Gasteiger partial charge on any atom is 0.0618 e. The van der Waals surface area contributed by atoms with Crippen molar-refractivity contribution >= 4 is 34.5 Å². The van der Waals surface area contributed by atoms with E-state index in [1.165, 1.54) is 40.9 Å². The minimum Gasteiger partial charge on any atom is -0.383 e. The minimum absolute atomic E-state index is 0.323. The predicted octanol–water partition coefficient (Wildman–Crippen LogP) is 4.82. The van der Waals surface area contributed by atoms with E-state index in [0.29, 0.717) is 10.9 Å². The number of halogens is 1. The molecule has 2 nitrogen and oxygen atoms in total. The Morgan fingerprint density at radius 3 is 2.29 bits per heavy atom. The summed E-state index contributed by atoms with van der Waals surface area (Å²) in [5, 5.41) is 4.33. The summed E-state index contributed by atoms with van der Waals surface area (Å²) in [7, 11) is 1.26. The molecule has 0 radical (unpaired) electrons. The number of benzene rings is 2. The first kappa shape index (κ1) is 20.0. The molecule has 0 aromatic heterocycles. The van der Waals surface area contributed by atoms with Gasteiger partial charge in [0.15, 0.2) is 0 Å². The Balaban J connectivity index is 1.72. The summed E-state index contributed by atoms with van der Waals surface area (Å²) in [6.45, 7) is 3.01. The van der Waals surface area contributed by atoms with E-state index in [0.717, 1.165) is 13.2 Å². The summed E-state index contributed by atoms with van der Waals surface area (Å²) in [5.41, 5.74) is 1.52. The number of likely N-dealkylation sites (tertiary alicyclic amines) is 1. The van der Waals surface area contributed by atoms with Crippen LogP contribution >= 0.6 is 23.9 Å². The van der Waals surface area contributed by atoms with Crippen molar-refractivity contribution in [2.45, 2.75) is 23.7 Å². The van der Waals surface area contributed by atoms with Crippen LogP contribution in [0.2, 0.25) is 0 Å². The first-order valence-corrected chi connectivity index (χ1v) is 12.2. The number of hydrogen-bond donors (Lipinski definition) is 0. The van der Waals surface area contributed by atoms with Crippen LogP contribution in [0.4, 0.5) is 0 Å². The van der Waals surface area contributed by atoms with Gasteiger partial charge in [-0.05, 0) is 48.8 Å². The average Bonchev–Trinajstić information content (AvgIpc) is 3.32. The molecule has 146 valence electrons. The van der Waals surface area contributed by atoms with Crippen molar-refractivity contribution in [2.24, 2.45) is 0 Å². The van der Waals surface area contributed by atoms with Gasteiger partial charge in [0, 0.05) is 19.7 Å². The van der Waals surface area contributed by atoms with E-state index in [9.17, 15) is 0 Å². The zero-order chi connectivity index (χ0) is 19.3. The fraction of sp³-hybridized carbons (Fsp3) is 0.333. The molecule has 0 saturated carbocycles. The third kappa shape index (κ3) is 4.33. The predicted molar refractivity (Wildman–Crippen MR) is 124 cm³/mol. The summed E-state index contributed by atoms with van der Waals surface area (Å²) in [6, 6.07) is 22.5. The zero-order valence-electron chi connectivity index (χ0n) is 16.3. The lowest BCUT2D eigenvalue weighted by atomic mass is 10.2. The molecule has 4 heteroatoms. The summed E-state index contributed by atoms with van der Waals surface area (Å²) in [5.74, 6) is 0. The van der Waals surface area contributed by atoms with E-state index in [1.807, 2.05) is 7.11 Å². The SMILES string of the molecule is COC[C@@H]1CCCN1CC1=C(P(c2ccccc2)c2ccccc2)C=CC1Br. The van der Waals surface area contributed by atoms with Crippen LogP contribution in [0.3, 0.4) is 0 Å². The van der Waals surface area contributed by atoms with Gasteiger partial charge < -0.3 is 4.74 Å². The van der Waals surface area contributed by atoms with E-state index in [-0.39, 0.29) is 0 Å². The van der Waals surface area contributed by atoms with Gasteiger partial charge in [-0.1, -0.05) is 88.7 Å². The van der Waals surface area contributed by atoms with Gasteiger partial charge in [-0.25, -0.2) is 0 Å². The third-order valence-corrected chi connectivity index (χ3v) is 8.99. The molecule has 0 spiro atoms. The second kappa shape index (κ2) is 9.50. The van der Waals surface area contributed by atoms with Crippen molar-refractivity contribution in [1.29, 1.82) is 0 Å². The number of nitrogens with zero attached hydrogens (tertiary/aromatic N) is 1. The first-order chi connectivity index (χ1) is 13.8. The topological polar surface area (TPSA) is 12.5 Å². The standard InChI is InChI=1S/C24H27BrNOP/c1-27-18-19-9-8-16-26(19)17-22-23(25)14-15-24(22)28(20-10-4-2-5-11-20)21-12-6-3-7-13-21/h2-7,10-15,19,23H,8-9,16-18H2,1H3/t19-,23?/m0/s1. The van der Waals surface area contributed by atoms with Gasteiger partial charge >= 0.3 is 0 Å². The highest BCUT2D eigenvalue weighted by molar-refractivity contribution is 9.09. The van der Waals surface area contributed by atoms with Gasteiger partial charge in [0.25, 0.3) is 0 Å². The van der Waals surface area contributed by atoms with Crippen LogP contribution in [0.25, 0.3) is 0 Å². The molecule has 4 rings (SSSR count). The van der Waals surface area contributed by atoms with Crippen LogP contribution < -0.4 is 10.6 Å². The molecular formula is C24H27BrNOP. The van der Waals surface area contributed by atoms with E-state index < -0.39 is 7.92 Å². The lowest BCUT2D eigenvalue weighted by molar-refractivity contribution is 0.120. The van der Waals surface area contributed by atoms with Gasteiger partial charge in [0.05, 0.1) is 11.4 Å². The van der Waals surface area contributed by atoms with Crippen molar-refractivity contribution in [3.8, 4) is 0 Å². The van der Waals surface area contributed by atoms with Crippen LogP contribution in [0.5, 0.6) is 0 Å². The lowest BCUT2D eigenvalue weighted by Gasteiger charge is -2.28. The summed E-state index contributed by atoms with van der Waals surface area (Å²) < 4.78 is 5.48. The monoisotopic (exact) mass is 455 g/mol. The highest BCUT2D eigenvalue weighted by Gasteiger charge is 2.31. The molecule has 2 aromatic rings. The second-order valence-electron chi connectivity index (χ2n) is 7.40. The Bertz CT molecular complexity index is 797. The van der Waals surface area contributed by atoms with Gasteiger partial charge in [0.1, 0.15) is 0 Å². The van der Waals surface area contributed by atoms with E-state index >= 15 is 0 Å². The fourth-order valence-electron chi connectivity index (χ4n) is 4.21. The maximum absolute atomic E-state index is 5.48. The molecule has 1 aliphatic carbocycles. The lowest BCUT2D eigenvalue weighted by Crippen LogP contribution is -2.35. The molecule has 1 saturated heterocycles. The smallest absolute Gasteiger partial charge is 0.0618 e. The molecule has 1 aliphatic heterocycles. The molecule has 2 aromatic carbocycles. The molecular weight excluding hydrogens is 429 g/mol. The summed E-state index contributed by atoms with van der Waals surface area (Å²) >= 11 is 3.93. The molecule has 0 amide bonds. The second-order valence-corrected chi connectivity index (χ2v) is 10.6. The summed E-state index contributed by atoms with van der Waals surface area (Å²) in [4.78, 5) is 2.94. The van der Waals surface area contributed by atoms with Crippen LogP contribution in [-0.2, 0) is 4.74 Å². The van der Waals surface area contributed by atoms with Crippen molar-refractivity contribution in [3.63, 3.8) is 0 Å². The molecule has 1 fully saturated rings. The first-order valence-electron chi connectivity index (χ1n) is 9.96. The normalized spacial score (nSPS) is 22.5. The molecule has 2 aliphatic rings. The van der Waals surface area contributed by atoms with Gasteiger partial charge in [0.2, 0.25) is 0 Å². The largest absolute Gasteiger partial charge is 0.383 e. The Kier molecular flexibility index (Phi) is 6.80. The van der Waals surface area contributed by atoms with Gasteiger partial charge in [-0.3, -0.25) is 4.90 Å². The molecule has 0 bridgehead atoms. The Morgan fingerprint density at radius 2 is 1.68 bits per heavy atom. The Morgan fingerprint density at radius 1 is 1.04 bits per heavy atom. The van der Waals surface area contributed by atoms with E-state index in [4.69, 9.17) is 4.74 Å². The van der Waals surface area contributed by atoms with E-state index in [1.54, 1.807) is 0 Å². The average molecular weight is 456 g/mol. The minimum atomic E-state index is -0.555. The van der Waals surface area contributed by atoms with Crippen LogP contribution in [0.15, 0.2) is 83.7 Å². The number of hydrogen-bond acceptors (Lipinski definition) is 2. The molecule has 0 N–H and O–H groups in total. The highest BCUT2D eigenvalue weighted by atomic mass is 79.9. The van der Waals surface area contributed by atoms with Crippen molar-refractivity contribution in [1.82, 2.24) is 4.90 Å². The Hall–Kier alpha value is -1.25. The van der Waals surface area contributed by atoms with Crippen LogP contribution in [0, 0.1) is 0 Å². The molecule has 28 heavy (non-hydrogen) atoms. The van der Waals surface area contributed by atoms with Crippen molar-refractivity contribution in [2.75, 3.05) is 26.8 Å². The van der Waals surface area contributed by atoms with Crippen LogP contribution in [-0.4, -0.2) is 42.6 Å². The molecule has 1 heterocycles. The number of methoxy groups -OCH3 is 1. The number of rotatable bonds is 7. The Labute approximate surface area is 178 Å². The van der Waals surface area contributed by atoms with Gasteiger partial charge in [-0.2, -0.15) is 0 Å². The number of alkyl halides is 1. The molecule has 1 unspecified atom stereocenters. The van der Waals surface area contributed by atoms with Crippen molar-refractivity contribution < 1.29 is 4.74 Å². The number of ether oxygens (including phenoxy) is 1. The highest BCUT2D eigenvalue weighted by Crippen LogP contribution is 2.49. The summed E-state index contributed by atoms with van der Waals surface area (Å²) in [6.07, 6.45) is 7.18. The maximum atomic E-state index is 5.48. The fourth-order valence-corrected chi connectivity index (χ4v) is 7.46. The molecule has 2 atom stereocenters. The zero-order valence-corrected chi connectivity index (χ0v) is 18.8. The number of allylic oxidation sites excluding steroid dienone is 3. The van der Waals surface area contributed by atoms with E-state index in [2.05, 4.69) is 93.6 Å². The van der Waals surface area contributed by atoms with Gasteiger partial charge in [-0.15, -0.1) is 0 Å². The quantitative estimate of drug-likeness (QED) is 0.438. The van der Waals surface area contributed by atoms with Crippen molar-refractivity contribution in [3.05, 3.63) is 83.7 Å². The van der Waals surface area contributed by atoms with Crippen LogP contribution in [0.1, 0.15) is 12.8 Å². The third-order valence-electron chi connectivity index (χ3n) is 5.59.